The SMILES string of the molecule is [2H]c1c([2H])c([2H])c(C[C@@]([2H])(C(=O)O)N([2H])C(=O)C2([2H])C([2H])([2H])C([2H])([2H])C([2H])(C(C([2H])([2H])[2H])C([2H])([2H])[2H])C([2H])([2H])C2([2H])[2H])c([2H])c1[2H]. The molecule has 4 heteroatoms. The lowest BCUT2D eigenvalue weighted by Crippen LogP contribution is -2.45. The highest BCUT2D eigenvalue weighted by molar-refractivity contribution is 5.85. The van der Waals surface area contributed by atoms with E-state index in [0.717, 1.165) is 0 Å². The minimum absolute atomic E-state index is 0.965. The van der Waals surface area contributed by atoms with Crippen LogP contribution in [-0.4, -0.2) is 23.0 Å². The quantitative estimate of drug-likeness (QED) is 0.835. The van der Waals surface area contributed by atoms with Crippen LogP contribution in [0, 0.1) is 17.7 Å². The maximum absolute atomic E-state index is 13.8. The second-order valence-electron chi connectivity index (χ2n) is 4.17. The van der Waals surface area contributed by atoms with Crippen LogP contribution in [0.3, 0.4) is 0 Å². The summed E-state index contributed by atoms with van der Waals surface area (Å²) in [5, 5.41) is 8.77. The second kappa shape index (κ2) is 8.14. The summed E-state index contributed by atoms with van der Waals surface area (Å²) in [5.74, 6) is -18.1. The normalized spacial score (nSPS) is 54.7. The molecule has 1 atom stereocenters. The van der Waals surface area contributed by atoms with Crippen molar-refractivity contribution in [3.8, 4) is 0 Å². The molecule has 4 nitrogen and oxygen atoms in total. The molecule has 1 aliphatic carbocycles. The lowest BCUT2D eigenvalue weighted by molar-refractivity contribution is -0.142. The fourth-order valence-electron chi connectivity index (χ4n) is 1.45. The second-order valence-corrected chi connectivity index (χ2v) is 4.17. The molecule has 1 aliphatic rings. The maximum atomic E-state index is 13.8. The molecule has 0 bridgehead atoms. The van der Waals surface area contributed by atoms with Gasteiger partial charge in [0, 0.05) is 34.2 Å². The summed E-state index contributed by atoms with van der Waals surface area (Å²) in [6, 6.07) is -9.20. The van der Waals surface area contributed by atoms with Gasteiger partial charge in [-0.25, -0.2) is 4.79 Å². The molecule has 2 N–H and O–H groups in total. The first kappa shape index (κ1) is 4.22. The third-order valence-electron chi connectivity index (χ3n) is 2.53. The lowest BCUT2D eigenvalue weighted by atomic mass is 9.76. The Bertz CT molecular complexity index is 1360. The number of nitrogens with one attached hydrogen (secondary N) is 1. The number of rotatable bonds is 6. The van der Waals surface area contributed by atoms with Gasteiger partial charge in [-0.2, -0.15) is 0 Å². The predicted molar refractivity (Wildman–Crippen MR) is 90.0 cm³/mol. The van der Waals surface area contributed by atoms with Crippen LogP contribution in [0.15, 0.2) is 30.2 Å². The first-order valence-corrected chi connectivity index (χ1v) is 6.15. The average Bonchev–Trinajstić information content (AvgIpc) is 2.88. The fourth-order valence-corrected chi connectivity index (χ4v) is 1.45. The largest absolute Gasteiger partial charge is 0.480 e. The van der Waals surface area contributed by atoms with E-state index < -0.39 is 122 Å². The Morgan fingerprint density at radius 1 is 1.43 bits per heavy atom. The van der Waals surface area contributed by atoms with Gasteiger partial charge in [0.25, 0.3) is 0 Å². The van der Waals surface area contributed by atoms with Crippen molar-refractivity contribution in [2.45, 2.75) is 51.6 Å². The van der Waals surface area contributed by atoms with Crippen LogP contribution in [0.1, 0.15) is 74.9 Å². The van der Waals surface area contributed by atoms with Gasteiger partial charge >= 0.3 is 5.97 Å². The summed E-state index contributed by atoms with van der Waals surface area (Å²) in [6.45, 7) is -8.03. The molecule has 2 rings (SSSR count). The van der Waals surface area contributed by atoms with Crippen molar-refractivity contribution in [3.05, 3.63) is 35.8 Å². The van der Waals surface area contributed by atoms with Crippen molar-refractivity contribution in [1.29, 1.82) is 0 Å². The molecule has 1 fully saturated rings. The van der Waals surface area contributed by atoms with E-state index in [1.54, 1.807) is 0 Å². The molecule has 23 heavy (non-hydrogen) atoms. The highest BCUT2D eigenvalue weighted by atomic mass is 16.4. The van der Waals surface area contributed by atoms with Crippen LogP contribution >= 0.6 is 0 Å². The molecule has 1 aromatic carbocycles. The molecule has 0 aromatic heterocycles. The summed E-state index contributed by atoms with van der Waals surface area (Å²) in [5.41, 5.74) is -0.990. The van der Waals surface area contributed by atoms with E-state index in [2.05, 4.69) is 0 Å². The highest BCUT2D eigenvalue weighted by Crippen LogP contribution is 2.33. The van der Waals surface area contributed by atoms with Crippen LogP contribution in [-0.2, 0) is 16.0 Å². The summed E-state index contributed by atoms with van der Waals surface area (Å²) in [7, 11) is 0. The zero-order valence-electron chi connectivity index (χ0n) is 34.5. The Morgan fingerprint density at radius 3 is 2.65 bits per heavy atom. The highest BCUT2D eigenvalue weighted by Gasteiger charge is 2.30. The minimum Gasteiger partial charge on any atom is -0.480 e. The van der Waals surface area contributed by atoms with E-state index in [9.17, 15) is 14.7 Å². The van der Waals surface area contributed by atoms with Gasteiger partial charge in [0.05, 0.1) is 8.22 Å². The van der Waals surface area contributed by atoms with Gasteiger partial charge in [-0.05, 0) is 42.9 Å². The van der Waals surface area contributed by atoms with E-state index in [1.165, 1.54) is 0 Å². The van der Waals surface area contributed by atoms with Gasteiger partial charge in [-0.15, -0.1) is 0 Å². The van der Waals surface area contributed by atoms with Crippen LogP contribution in [0.5, 0.6) is 0 Å². The molecule has 0 heterocycles. The number of carbonyl (C=O) groups is 2. The number of carboxylic acids is 1. The first-order valence-electron chi connectivity index (χ1n) is 17.6. The van der Waals surface area contributed by atoms with E-state index >= 15 is 0 Å². The van der Waals surface area contributed by atoms with Crippen molar-refractivity contribution in [1.82, 2.24) is 5.31 Å². The van der Waals surface area contributed by atoms with E-state index in [1.807, 2.05) is 0 Å². The molecule has 0 unspecified atom stereocenters. The summed E-state index contributed by atoms with van der Waals surface area (Å²) >= 11 is 0. The van der Waals surface area contributed by atoms with Crippen molar-refractivity contribution >= 4 is 11.9 Å². The Labute approximate surface area is 170 Å². The number of carbonyl (C=O) groups excluding carboxylic acids is 1. The third kappa shape index (κ3) is 5.08. The van der Waals surface area contributed by atoms with Crippen LogP contribution in [0.25, 0.3) is 0 Å². The fraction of sp³-hybridized carbons (Fsp3) is 0.579. The number of amides is 1. The van der Waals surface area contributed by atoms with E-state index in [-0.39, 0.29) is 0 Å². The van der Waals surface area contributed by atoms with Gasteiger partial charge in [-0.1, -0.05) is 43.9 Å². The Kier molecular flexibility index (Phi) is 1.49. The number of aliphatic carboxylic acids is 1. The monoisotopic (exact) mass is 340 g/mol. The topological polar surface area (TPSA) is 66.4 Å². The molecule has 1 saturated carbocycles. The Balaban J connectivity index is 2.97. The van der Waals surface area contributed by atoms with Crippen molar-refractivity contribution in [2.75, 3.05) is 0 Å². The van der Waals surface area contributed by atoms with Crippen LogP contribution in [0.2, 0.25) is 1.41 Å². The molecule has 0 spiro atoms. The van der Waals surface area contributed by atoms with Gasteiger partial charge in [0.15, 0.2) is 1.41 Å². The minimum atomic E-state index is -4.73. The van der Waals surface area contributed by atoms with Crippen molar-refractivity contribution in [2.24, 2.45) is 17.7 Å². The number of hydrogen-bond donors (Lipinski definition) is 2. The predicted octanol–water partition coefficient (Wildman–Crippen LogP) is 3.26. The standard InChI is InChI=1S/C19H27NO3/c1-13(2)15-8-10-16(11-9-15)18(21)20-17(19(22)23)12-14-6-4-3-5-7-14/h3-7,13,15-17H,8-12H2,1-2H3,(H,20,21)(H,22,23)/t15?,16?,17-/m0/s1/i1D3,2D3,3D,4D,5D,6D,7D,8D2,9D2,10D2,11D2,15D,16D,17D/hD. The molecule has 126 valence electrons. The smallest absolute Gasteiger partial charge is 0.326 e. The number of benzene rings is 1. The first-order chi connectivity index (χ1) is 20.0. The molecule has 0 aliphatic heterocycles. The molecular weight excluding hydrogens is 290 g/mol. The molecule has 0 radical (unpaired) electrons. The molecular formula is C19H27NO3. The van der Waals surface area contributed by atoms with Crippen LogP contribution < -0.4 is 5.31 Å². The van der Waals surface area contributed by atoms with Crippen molar-refractivity contribution in [3.63, 3.8) is 0 Å². The van der Waals surface area contributed by atoms with Gasteiger partial charge in [-0.3, -0.25) is 4.79 Å². The van der Waals surface area contributed by atoms with Gasteiger partial charge in [0.2, 0.25) is 5.91 Å². The van der Waals surface area contributed by atoms with E-state index in [4.69, 9.17) is 31.6 Å². The Morgan fingerprint density at radius 2 is 2.09 bits per heavy atom. The lowest BCUT2D eigenvalue weighted by Gasteiger charge is -2.30. The van der Waals surface area contributed by atoms with Gasteiger partial charge < -0.3 is 10.4 Å². The molecule has 1 amide bonds. The van der Waals surface area contributed by atoms with Gasteiger partial charge in [0.1, 0.15) is 6.02 Å². The van der Waals surface area contributed by atoms with Crippen LogP contribution in [0.4, 0.5) is 0 Å². The summed E-state index contributed by atoms with van der Waals surface area (Å²) < 4.78 is 186. The zero-order valence-corrected chi connectivity index (χ0v) is 11.5. The Hall–Kier alpha value is -1.84. The van der Waals surface area contributed by atoms with E-state index in [0.29, 0.717) is 0 Å². The number of carboxylic acid groups (broad SMARTS) is 1. The average molecular weight is 341 g/mol. The number of hydrogen-bond acceptors (Lipinski definition) is 2. The molecule has 1 aromatic rings. The molecule has 0 saturated heterocycles. The third-order valence-corrected chi connectivity index (χ3v) is 2.53. The van der Waals surface area contributed by atoms with Crippen molar-refractivity contribution < 1.29 is 46.3 Å². The summed E-state index contributed by atoms with van der Waals surface area (Å²) in [4.78, 5) is 26.1. The summed E-state index contributed by atoms with van der Waals surface area (Å²) in [6.07, 6.45) is -20.3. The maximum Gasteiger partial charge on any atom is 0.326 e. The zero-order chi connectivity index (χ0) is 37.0.